The third kappa shape index (κ3) is 0.977. The van der Waals surface area contributed by atoms with Crippen molar-refractivity contribution in [2.24, 2.45) is 0 Å². The fraction of sp³-hybridized carbons (Fsp3) is 0.200. The molecule has 1 aliphatic rings. The van der Waals surface area contributed by atoms with Crippen molar-refractivity contribution in [1.82, 2.24) is 0 Å². The fourth-order valence-electron chi connectivity index (χ4n) is 0.485. The van der Waals surface area contributed by atoms with Crippen LogP contribution in [0.5, 0.6) is 0 Å². The third-order valence-corrected chi connectivity index (χ3v) is 1.53. The molecule has 0 aliphatic carbocycles. The Bertz CT molecular complexity index is 176. The first-order valence-corrected chi connectivity index (χ1v) is 3.09. The summed E-state index contributed by atoms with van der Waals surface area (Å²) in [7, 11) is 0. The molecule has 3 nitrogen and oxygen atoms in total. The summed E-state index contributed by atoms with van der Waals surface area (Å²) < 4.78 is 4.33. The van der Waals surface area contributed by atoms with Gasteiger partial charge in [-0.2, -0.15) is 0 Å². The normalized spacial score (nSPS) is 23.0. The maximum absolute atomic E-state index is 10.6. The van der Waals surface area contributed by atoms with E-state index in [1.807, 2.05) is 0 Å². The highest BCUT2D eigenvalue weighted by molar-refractivity contribution is 8.11. The van der Waals surface area contributed by atoms with Crippen molar-refractivity contribution < 1.29 is 13.8 Å². The van der Waals surface area contributed by atoms with Gasteiger partial charge in [0.05, 0.1) is 0 Å². The molecule has 1 fully saturated rings. The fourth-order valence-corrected chi connectivity index (χ4v) is 1.02. The number of carbonyl (C=O) groups is 2. The summed E-state index contributed by atoms with van der Waals surface area (Å²) in [5.74, 6) is -0.535. The van der Waals surface area contributed by atoms with Crippen LogP contribution in [0.4, 0.5) is 0 Å². The Balaban J connectivity index is 2.91. The van der Waals surface area contributed by atoms with Gasteiger partial charge < -0.3 is 4.18 Å². The quantitative estimate of drug-likeness (QED) is 0.284. The van der Waals surface area contributed by atoms with Gasteiger partial charge in [0, 0.05) is 0 Å². The van der Waals surface area contributed by atoms with Crippen LogP contribution in [0.15, 0.2) is 11.6 Å². The number of hydrogen-bond acceptors (Lipinski definition) is 4. The lowest BCUT2D eigenvalue weighted by molar-refractivity contribution is -0.128. The second-order valence-electron chi connectivity index (χ2n) is 1.44. The molecule has 0 unspecified atom stereocenters. The lowest BCUT2D eigenvalue weighted by Crippen LogP contribution is -1.97. The highest BCUT2D eigenvalue weighted by atomic mass is 32.2. The van der Waals surface area contributed by atoms with Crippen LogP contribution in [-0.4, -0.2) is 11.1 Å². The molecule has 0 amide bonds. The van der Waals surface area contributed by atoms with Gasteiger partial charge in [0.25, 0.3) is 5.12 Å². The first-order valence-electron chi connectivity index (χ1n) is 2.35. The SMILES string of the molecule is C/C=C1\C(=O)OSC1=O. The summed E-state index contributed by atoms with van der Waals surface area (Å²) in [6, 6.07) is 0. The minimum absolute atomic E-state index is 0.139. The highest BCUT2D eigenvalue weighted by Gasteiger charge is 2.28. The van der Waals surface area contributed by atoms with E-state index in [-0.39, 0.29) is 10.7 Å². The topological polar surface area (TPSA) is 43.4 Å². The molecule has 0 aromatic heterocycles. The van der Waals surface area contributed by atoms with Crippen molar-refractivity contribution in [3.05, 3.63) is 11.6 Å². The zero-order valence-corrected chi connectivity index (χ0v) is 5.53. The molecule has 0 spiro atoms. The van der Waals surface area contributed by atoms with E-state index in [0.29, 0.717) is 12.0 Å². The smallest absolute Gasteiger partial charge is 0.354 e. The van der Waals surface area contributed by atoms with Gasteiger partial charge in [-0.05, 0) is 6.92 Å². The lowest BCUT2D eigenvalue weighted by Gasteiger charge is -1.80. The summed E-state index contributed by atoms with van der Waals surface area (Å²) in [5, 5.41) is -0.303. The van der Waals surface area contributed by atoms with Gasteiger partial charge >= 0.3 is 5.97 Å². The summed E-state index contributed by atoms with van der Waals surface area (Å²) in [6.45, 7) is 1.63. The maximum atomic E-state index is 10.6. The lowest BCUT2D eigenvalue weighted by atomic mass is 10.3. The molecule has 48 valence electrons. The summed E-state index contributed by atoms with van der Waals surface area (Å²) >= 11 is 0.581. The number of rotatable bonds is 0. The second kappa shape index (κ2) is 2.23. The van der Waals surface area contributed by atoms with Crippen LogP contribution < -0.4 is 0 Å². The van der Waals surface area contributed by atoms with E-state index in [2.05, 4.69) is 4.18 Å². The van der Waals surface area contributed by atoms with Gasteiger partial charge in [0.1, 0.15) is 17.6 Å². The molecule has 0 aromatic rings. The van der Waals surface area contributed by atoms with E-state index in [4.69, 9.17) is 0 Å². The molecule has 1 heterocycles. The minimum Gasteiger partial charge on any atom is -0.379 e. The predicted octanol–water partition coefficient (Wildman–Crippen LogP) is 0.664. The maximum Gasteiger partial charge on any atom is 0.354 e. The van der Waals surface area contributed by atoms with Crippen molar-refractivity contribution in [1.29, 1.82) is 0 Å². The van der Waals surface area contributed by atoms with Crippen LogP contribution in [-0.2, 0) is 13.8 Å². The van der Waals surface area contributed by atoms with Gasteiger partial charge in [-0.3, -0.25) is 4.79 Å². The standard InChI is InChI=1S/C5H4O3S/c1-2-3-4(6)8-9-5(3)7/h2H,1H3/b3-2+. The number of carbonyl (C=O) groups excluding carboxylic acids is 2. The molecule has 1 rings (SSSR count). The Hall–Kier alpha value is -0.770. The van der Waals surface area contributed by atoms with E-state index in [1.54, 1.807) is 6.92 Å². The molecular weight excluding hydrogens is 140 g/mol. The van der Waals surface area contributed by atoms with E-state index in [0.717, 1.165) is 0 Å². The summed E-state index contributed by atoms with van der Waals surface area (Å²) in [5.41, 5.74) is 0.139. The van der Waals surface area contributed by atoms with E-state index in [9.17, 15) is 9.59 Å². The van der Waals surface area contributed by atoms with Crippen LogP contribution in [0, 0.1) is 0 Å². The first kappa shape index (κ1) is 6.35. The van der Waals surface area contributed by atoms with E-state index >= 15 is 0 Å². The molecule has 1 saturated heterocycles. The number of allylic oxidation sites excluding steroid dienone is 1. The molecule has 9 heavy (non-hydrogen) atoms. The van der Waals surface area contributed by atoms with Crippen molar-refractivity contribution in [3.63, 3.8) is 0 Å². The second-order valence-corrected chi connectivity index (χ2v) is 2.15. The molecule has 0 atom stereocenters. The average Bonchev–Trinajstić information content (AvgIpc) is 2.12. The van der Waals surface area contributed by atoms with Crippen LogP contribution in [0.2, 0.25) is 0 Å². The monoisotopic (exact) mass is 144 g/mol. The van der Waals surface area contributed by atoms with Crippen molar-refractivity contribution in [2.45, 2.75) is 6.92 Å². The Kier molecular flexibility index (Phi) is 1.57. The molecule has 0 bridgehead atoms. The molecule has 4 heteroatoms. The summed E-state index contributed by atoms with van der Waals surface area (Å²) in [4.78, 5) is 21.0. The Labute approximate surface area is 56.3 Å². The van der Waals surface area contributed by atoms with Crippen LogP contribution in [0.1, 0.15) is 6.92 Å². The molecular formula is C5H4O3S. The van der Waals surface area contributed by atoms with Crippen molar-refractivity contribution in [3.8, 4) is 0 Å². The highest BCUT2D eigenvalue weighted by Crippen LogP contribution is 2.22. The molecule has 0 aromatic carbocycles. The average molecular weight is 144 g/mol. The largest absolute Gasteiger partial charge is 0.379 e. The molecule has 0 N–H and O–H groups in total. The van der Waals surface area contributed by atoms with Crippen LogP contribution in [0.3, 0.4) is 0 Å². The van der Waals surface area contributed by atoms with Crippen molar-refractivity contribution >= 4 is 23.1 Å². The molecule has 0 radical (unpaired) electrons. The minimum atomic E-state index is -0.535. The zero-order valence-electron chi connectivity index (χ0n) is 4.71. The van der Waals surface area contributed by atoms with E-state index in [1.165, 1.54) is 6.08 Å². The first-order chi connectivity index (χ1) is 4.25. The third-order valence-electron chi connectivity index (χ3n) is 0.922. The van der Waals surface area contributed by atoms with Gasteiger partial charge in [0.2, 0.25) is 0 Å². The van der Waals surface area contributed by atoms with Gasteiger partial charge in [0.15, 0.2) is 0 Å². The molecule has 0 saturated carbocycles. The Morgan fingerprint density at radius 1 is 1.56 bits per heavy atom. The van der Waals surface area contributed by atoms with E-state index < -0.39 is 5.97 Å². The Morgan fingerprint density at radius 3 is 2.44 bits per heavy atom. The molecule has 1 aliphatic heterocycles. The van der Waals surface area contributed by atoms with Gasteiger partial charge in [-0.15, -0.1) is 0 Å². The van der Waals surface area contributed by atoms with Crippen LogP contribution in [0.25, 0.3) is 0 Å². The predicted molar refractivity (Wildman–Crippen MR) is 32.4 cm³/mol. The zero-order chi connectivity index (χ0) is 6.85. The van der Waals surface area contributed by atoms with Gasteiger partial charge in [-0.25, -0.2) is 4.79 Å². The summed E-state index contributed by atoms with van der Waals surface area (Å²) in [6.07, 6.45) is 1.45. The van der Waals surface area contributed by atoms with Crippen LogP contribution >= 0.6 is 12.0 Å². The number of hydrogen-bond donors (Lipinski definition) is 0. The van der Waals surface area contributed by atoms with Crippen molar-refractivity contribution in [2.75, 3.05) is 0 Å². The Morgan fingerprint density at radius 2 is 2.22 bits per heavy atom. The van der Waals surface area contributed by atoms with Gasteiger partial charge in [-0.1, -0.05) is 6.08 Å².